The fourth-order valence-electron chi connectivity index (χ4n) is 3.15. The van der Waals surface area contributed by atoms with Gasteiger partial charge in [-0.3, -0.25) is 4.79 Å². The van der Waals surface area contributed by atoms with Crippen molar-refractivity contribution < 1.29 is 27.1 Å². The summed E-state index contributed by atoms with van der Waals surface area (Å²) in [5.74, 6) is -0.242. The third kappa shape index (κ3) is 4.64. The van der Waals surface area contributed by atoms with Crippen LogP contribution in [0.3, 0.4) is 0 Å². The monoisotopic (exact) mass is 491 g/mol. The molecule has 3 nitrogen and oxygen atoms in total. The molecule has 3 aromatic carbocycles. The zero-order valence-corrected chi connectivity index (χ0v) is 17.4. The van der Waals surface area contributed by atoms with Gasteiger partial charge >= 0.3 is 6.18 Å². The Bertz CT molecular complexity index is 1190. The number of halogens is 5. The van der Waals surface area contributed by atoms with Crippen LogP contribution >= 0.6 is 15.9 Å². The molecule has 0 fully saturated rings. The van der Waals surface area contributed by atoms with Gasteiger partial charge in [-0.25, -0.2) is 4.39 Å². The van der Waals surface area contributed by atoms with Crippen LogP contribution in [0.15, 0.2) is 65.1 Å². The lowest BCUT2D eigenvalue weighted by Gasteiger charge is -2.09. The van der Waals surface area contributed by atoms with E-state index in [0.717, 1.165) is 17.7 Å². The van der Waals surface area contributed by atoms with Gasteiger partial charge in [0.1, 0.15) is 18.2 Å². The Morgan fingerprint density at radius 2 is 1.74 bits per heavy atom. The molecule has 0 aliphatic carbocycles. The summed E-state index contributed by atoms with van der Waals surface area (Å²) in [4.78, 5) is 12.3. The molecule has 0 radical (unpaired) electrons. The molecule has 1 N–H and O–H groups in total. The van der Waals surface area contributed by atoms with E-state index in [1.165, 1.54) is 18.2 Å². The first-order valence-electron chi connectivity index (χ1n) is 9.12. The number of carbonyl (C=O) groups is 1. The fourth-order valence-corrected chi connectivity index (χ4v) is 3.66. The molecule has 1 amide bonds. The number of benzene rings is 3. The first-order chi connectivity index (χ1) is 14.7. The van der Waals surface area contributed by atoms with Crippen LogP contribution in [-0.2, 0) is 17.6 Å². The number of hydrogen-bond donors (Lipinski definition) is 1. The van der Waals surface area contributed by atoms with E-state index >= 15 is 0 Å². The van der Waals surface area contributed by atoms with Crippen LogP contribution in [0.25, 0.3) is 11.6 Å². The highest BCUT2D eigenvalue weighted by molar-refractivity contribution is 9.10. The van der Waals surface area contributed by atoms with Crippen LogP contribution in [0.4, 0.5) is 23.2 Å². The Balaban J connectivity index is 1.55. The fraction of sp³-hybridized carbons (Fsp3) is 0.0870. The molecule has 1 aliphatic heterocycles. The van der Waals surface area contributed by atoms with Crippen LogP contribution in [0.1, 0.15) is 22.3 Å². The largest absolute Gasteiger partial charge is 0.488 e. The lowest BCUT2D eigenvalue weighted by molar-refractivity contribution is -0.137. The van der Waals surface area contributed by atoms with E-state index in [1.54, 1.807) is 36.4 Å². The minimum Gasteiger partial charge on any atom is -0.488 e. The highest BCUT2D eigenvalue weighted by Crippen LogP contribution is 2.38. The molecule has 0 atom stereocenters. The molecule has 31 heavy (non-hydrogen) atoms. The summed E-state index contributed by atoms with van der Waals surface area (Å²) in [5, 5.41) is 2.48. The first-order valence-corrected chi connectivity index (χ1v) is 9.91. The number of alkyl halides is 3. The van der Waals surface area contributed by atoms with E-state index < -0.39 is 17.6 Å². The summed E-state index contributed by atoms with van der Waals surface area (Å²) in [6, 6.07) is 14.3. The van der Waals surface area contributed by atoms with Gasteiger partial charge in [0.2, 0.25) is 0 Å². The molecule has 4 rings (SSSR count). The minimum absolute atomic E-state index is 0.129. The van der Waals surface area contributed by atoms with Crippen molar-refractivity contribution in [1.82, 2.24) is 0 Å². The van der Waals surface area contributed by atoms with E-state index in [0.29, 0.717) is 21.3 Å². The van der Waals surface area contributed by atoms with Gasteiger partial charge in [-0.15, -0.1) is 0 Å². The molecule has 0 bridgehead atoms. The molecule has 158 valence electrons. The highest BCUT2D eigenvalue weighted by Gasteiger charge is 2.33. The van der Waals surface area contributed by atoms with Gasteiger partial charge in [-0.1, -0.05) is 24.3 Å². The molecule has 1 heterocycles. The highest BCUT2D eigenvalue weighted by atomic mass is 79.9. The minimum atomic E-state index is -4.49. The number of nitrogens with one attached hydrogen (secondary N) is 1. The molecular formula is C23H14BrF4NO2. The van der Waals surface area contributed by atoms with Crippen molar-refractivity contribution in [2.24, 2.45) is 0 Å². The van der Waals surface area contributed by atoms with Gasteiger partial charge in [0.05, 0.1) is 10.0 Å². The third-order valence-corrected chi connectivity index (χ3v) is 5.32. The second kappa shape index (κ2) is 8.19. The molecule has 0 spiro atoms. The molecule has 1 aliphatic rings. The second-order valence-electron chi connectivity index (χ2n) is 6.88. The maximum atomic E-state index is 13.0. The normalized spacial score (nSPS) is 14.5. The zero-order chi connectivity index (χ0) is 22.2. The maximum absolute atomic E-state index is 13.0. The molecule has 0 saturated heterocycles. The van der Waals surface area contributed by atoms with Crippen LogP contribution in [0.5, 0.6) is 5.75 Å². The van der Waals surface area contributed by atoms with Crippen LogP contribution < -0.4 is 10.1 Å². The first kappa shape index (κ1) is 21.1. The standard InChI is InChI=1S/C23H14BrF4NO2/c24-19-10-14(3-8-21(19)31-12-13-1-5-16(25)6-2-13)9-18-17-7-4-15(23(26,27)28)11-20(17)29-22(18)30/h1-11H,12H2,(H,29,30)/b18-9-. The molecule has 8 heteroatoms. The number of carbonyl (C=O) groups excluding carboxylic acids is 1. The number of amides is 1. The van der Waals surface area contributed by atoms with Gasteiger partial charge in [-0.2, -0.15) is 13.2 Å². The summed E-state index contributed by atoms with van der Waals surface area (Å²) in [5.41, 5.74) is 1.46. The summed E-state index contributed by atoms with van der Waals surface area (Å²) in [7, 11) is 0. The number of rotatable bonds is 4. The Morgan fingerprint density at radius 1 is 1.00 bits per heavy atom. The number of anilines is 1. The van der Waals surface area contributed by atoms with Crippen molar-refractivity contribution >= 4 is 39.2 Å². The number of ether oxygens (including phenoxy) is 1. The van der Waals surface area contributed by atoms with E-state index in [2.05, 4.69) is 21.2 Å². The van der Waals surface area contributed by atoms with Crippen LogP contribution in [0, 0.1) is 5.82 Å². The van der Waals surface area contributed by atoms with Crippen molar-refractivity contribution in [3.05, 3.63) is 93.2 Å². The molecule has 0 aromatic heterocycles. The topological polar surface area (TPSA) is 38.3 Å². The quantitative estimate of drug-likeness (QED) is 0.326. The van der Waals surface area contributed by atoms with Crippen molar-refractivity contribution in [3.63, 3.8) is 0 Å². The van der Waals surface area contributed by atoms with E-state index in [9.17, 15) is 22.4 Å². The summed E-state index contributed by atoms with van der Waals surface area (Å²) < 4.78 is 58.1. The third-order valence-electron chi connectivity index (χ3n) is 4.70. The molecule has 0 saturated carbocycles. The number of hydrogen-bond acceptors (Lipinski definition) is 2. The Hall–Kier alpha value is -3.13. The van der Waals surface area contributed by atoms with Gasteiger partial charge in [0.25, 0.3) is 5.91 Å². The van der Waals surface area contributed by atoms with Crippen molar-refractivity contribution in [3.8, 4) is 5.75 Å². The Kier molecular flexibility index (Phi) is 5.58. The number of fused-ring (bicyclic) bond motifs is 1. The molecular weight excluding hydrogens is 478 g/mol. The second-order valence-corrected chi connectivity index (χ2v) is 7.73. The lowest BCUT2D eigenvalue weighted by atomic mass is 10.0. The summed E-state index contributed by atoms with van der Waals surface area (Å²) >= 11 is 3.42. The van der Waals surface area contributed by atoms with Crippen LogP contribution in [-0.4, -0.2) is 5.91 Å². The average molecular weight is 492 g/mol. The van der Waals surface area contributed by atoms with Gasteiger partial charge in [0, 0.05) is 16.8 Å². The Labute approximate surface area is 183 Å². The summed E-state index contributed by atoms with van der Waals surface area (Å²) in [6.07, 6.45) is -2.89. The predicted molar refractivity (Wildman–Crippen MR) is 113 cm³/mol. The predicted octanol–water partition coefficient (Wildman–Crippen LogP) is 6.68. The summed E-state index contributed by atoms with van der Waals surface area (Å²) in [6.45, 7) is 0.247. The van der Waals surface area contributed by atoms with E-state index in [4.69, 9.17) is 4.74 Å². The zero-order valence-electron chi connectivity index (χ0n) is 15.8. The van der Waals surface area contributed by atoms with Crippen molar-refractivity contribution in [1.29, 1.82) is 0 Å². The molecule has 0 unspecified atom stereocenters. The SMILES string of the molecule is O=C1Nc2cc(C(F)(F)F)ccc2/C1=C/c1ccc(OCc2ccc(F)cc2)c(Br)c1. The van der Waals surface area contributed by atoms with Crippen LogP contribution in [0.2, 0.25) is 0 Å². The smallest absolute Gasteiger partial charge is 0.416 e. The van der Waals surface area contributed by atoms with E-state index in [1.807, 2.05) is 0 Å². The Morgan fingerprint density at radius 3 is 2.42 bits per heavy atom. The van der Waals surface area contributed by atoms with Gasteiger partial charge < -0.3 is 10.1 Å². The van der Waals surface area contributed by atoms with Crippen molar-refractivity contribution in [2.75, 3.05) is 5.32 Å². The van der Waals surface area contributed by atoms with Gasteiger partial charge in [0.15, 0.2) is 0 Å². The lowest BCUT2D eigenvalue weighted by Crippen LogP contribution is -2.06. The average Bonchev–Trinajstić information content (AvgIpc) is 3.02. The van der Waals surface area contributed by atoms with Gasteiger partial charge in [-0.05, 0) is 69.5 Å². The van der Waals surface area contributed by atoms with E-state index in [-0.39, 0.29) is 23.7 Å². The molecule has 3 aromatic rings. The van der Waals surface area contributed by atoms with Crippen molar-refractivity contribution in [2.45, 2.75) is 12.8 Å². The maximum Gasteiger partial charge on any atom is 0.416 e.